The highest BCUT2D eigenvalue weighted by Gasteiger charge is 2.24. The van der Waals surface area contributed by atoms with Gasteiger partial charge in [0.1, 0.15) is 4.21 Å². The van der Waals surface area contributed by atoms with Crippen molar-refractivity contribution in [3.8, 4) is 0 Å². The maximum atomic E-state index is 12.4. The third-order valence-corrected chi connectivity index (χ3v) is 6.83. The summed E-state index contributed by atoms with van der Waals surface area (Å²) in [5.74, 6) is 0. The Morgan fingerprint density at radius 1 is 1.44 bits per heavy atom. The van der Waals surface area contributed by atoms with E-state index in [0.717, 1.165) is 9.35 Å². The van der Waals surface area contributed by atoms with Gasteiger partial charge in [0.2, 0.25) is 0 Å². The Balaban J connectivity index is 2.43. The van der Waals surface area contributed by atoms with Gasteiger partial charge >= 0.3 is 0 Å². The van der Waals surface area contributed by atoms with Crippen molar-refractivity contribution in [3.63, 3.8) is 0 Å². The Hall–Kier alpha value is -0.920. The number of halogens is 1. The van der Waals surface area contributed by atoms with Gasteiger partial charge in [0.05, 0.1) is 15.7 Å². The fourth-order valence-electron chi connectivity index (χ4n) is 1.37. The number of hydrogen-bond acceptors (Lipinski definition) is 4. The van der Waals surface area contributed by atoms with E-state index in [1.807, 2.05) is 6.92 Å². The van der Waals surface area contributed by atoms with E-state index in [1.165, 1.54) is 28.9 Å². The van der Waals surface area contributed by atoms with Crippen LogP contribution in [0.3, 0.4) is 0 Å². The number of anilines is 1. The van der Waals surface area contributed by atoms with Crippen molar-refractivity contribution in [1.29, 1.82) is 0 Å². The molecule has 2 rings (SSSR count). The van der Waals surface area contributed by atoms with Crippen molar-refractivity contribution in [3.05, 3.63) is 39.9 Å². The molecule has 0 amide bonds. The Morgan fingerprint density at radius 3 is 2.67 bits per heavy atom. The predicted molar refractivity (Wildman–Crippen MR) is 76.6 cm³/mol. The molecule has 0 unspecified atom stereocenters. The number of aryl methyl sites for hydroxylation is 1. The first kappa shape index (κ1) is 13.5. The molecule has 0 N–H and O–H groups in total. The molecule has 2 aromatic heterocycles. The van der Waals surface area contributed by atoms with Crippen LogP contribution in [0.15, 0.2) is 38.6 Å². The van der Waals surface area contributed by atoms with Gasteiger partial charge in [-0.25, -0.2) is 8.42 Å². The van der Waals surface area contributed by atoms with Crippen LogP contribution in [0.1, 0.15) is 5.56 Å². The first-order valence-electron chi connectivity index (χ1n) is 5.08. The molecule has 4 nitrogen and oxygen atoms in total. The summed E-state index contributed by atoms with van der Waals surface area (Å²) >= 11 is 4.55. The first-order chi connectivity index (χ1) is 8.43. The molecule has 0 saturated heterocycles. The number of aromatic nitrogens is 1. The minimum absolute atomic E-state index is 0.318. The second-order valence-electron chi connectivity index (χ2n) is 3.71. The number of thiophene rings is 1. The largest absolute Gasteiger partial charge is 0.273 e. The first-order valence-corrected chi connectivity index (χ1v) is 8.13. The Kier molecular flexibility index (Phi) is 3.74. The normalized spacial score (nSPS) is 11.5. The van der Waals surface area contributed by atoms with Crippen molar-refractivity contribution < 1.29 is 8.42 Å². The van der Waals surface area contributed by atoms with E-state index in [4.69, 9.17) is 0 Å². The topological polar surface area (TPSA) is 50.3 Å². The average Bonchev–Trinajstić information content (AvgIpc) is 2.70. The zero-order chi connectivity index (χ0) is 13.3. The Labute approximate surface area is 118 Å². The van der Waals surface area contributed by atoms with E-state index >= 15 is 0 Å². The van der Waals surface area contributed by atoms with Crippen LogP contribution in [0.2, 0.25) is 0 Å². The smallest absolute Gasteiger partial charge is 0.267 e. The summed E-state index contributed by atoms with van der Waals surface area (Å²) in [7, 11) is -1.99. The molecule has 0 radical (unpaired) electrons. The molecule has 0 aliphatic carbocycles. The molecule has 0 aliphatic heterocycles. The maximum Gasteiger partial charge on any atom is 0.273 e. The molecule has 0 saturated carbocycles. The van der Waals surface area contributed by atoms with Crippen molar-refractivity contribution >= 4 is 43.0 Å². The van der Waals surface area contributed by atoms with E-state index in [1.54, 1.807) is 24.4 Å². The highest BCUT2D eigenvalue weighted by Crippen LogP contribution is 2.33. The number of pyridine rings is 1. The maximum absolute atomic E-state index is 12.4. The summed E-state index contributed by atoms with van der Waals surface area (Å²) in [6, 6.07) is 5.08. The van der Waals surface area contributed by atoms with Crippen molar-refractivity contribution in [2.45, 2.75) is 11.1 Å². The van der Waals surface area contributed by atoms with Gasteiger partial charge in [-0.3, -0.25) is 9.29 Å². The number of sulfonamides is 1. The molecule has 2 aromatic rings. The van der Waals surface area contributed by atoms with Gasteiger partial charge in [-0.15, -0.1) is 11.3 Å². The molecule has 96 valence electrons. The number of nitrogens with zero attached hydrogens (tertiary/aromatic N) is 2. The van der Waals surface area contributed by atoms with E-state index in [-0.39, 0.29) is 0 Å². The lowest BCUT2D eigenvalue weighted by atomic mass is 10.4. The molecule has 0 bridgehead atoms. The fourth-order valence-corrected chi connectivity index (χ4v) is 4.95. The second-order valence-corrected chi connectivity index (χ2v) is 8.27. The van der Waals surface area contributed by atoms with Gasteiger partial charge in [-0.05, 0) is 46.6 Å². The summed E-state index contributed by atoms with van der Waals surface area (Å²) in [5.41, 5.74) is 1.46. The third kappa shape index (κ3) is 2.43. The summed E-state index contributed by atoms with van der Waals surface area (Å²) in [5, 5.41) is 0. The average molecular weight is 347 g/mol. The standard InChI is InChI=1S/C11H11BrN2O2S2/c1-8-6-10(17-11(8)12)18(15,16)14(2)9-4-3-5-13-7-9/h3-7H,1-2H3. The molecular weight excluding hydrogens is 336 g/mol. The van der Waals surface area contributed by atoms with E-state index in [2.05, 4.69) is 20.9 Å². The lowest BCUT2D eigenvalue weighted by Crippen LogP contribution is -2.25. The molecule has 2 heterocycles. The van der Waals surface area contributed by atoms with Crippen LogP contribution in [-0.2, 0) is 10.0 Å². The van der Waals surface area contributed by atoms with Gasteiger partial charge in [-0.2, -0.15) is 0 Å². The molecular formula is C11H11BrN2O2S2. The summed E-state index contributed by atoms with van der Waals surface area (Å²) in [6.45, 7) is 1.86. The second kappa shape index (κ2) is 4.99. The van der Waals surface area contributed by atoms with Gasteiger partial charge in [0, 0.05) is 13.2 Å². The van der Waals surface area contributed by atoms with E-state index < -0.39 is 10.0 Å². The summed E-state index contributed by atoms with van der Waals surface area (Å²) in [6.07, 6.45) is 3.13. The van der Waals surface area contributed by atoms with Crippen molar-refractivity contribution in [2.24, 2.45) is 0 Å². The molecule has 0 atom stereocenters. The van der Waals surface area contributed by atoms with Crippen LogP contribution in [-0.4, -0.2) is 20.4 Å². The van der Waals surface area contributed by atoms with Crippen LogP contribution in [0, 0.1) is 6.92 Å². The van der Waals surface area contributed by atoms with Gasteiger partial charge in [0.25, 0.3) is 10.0 Å². The highest BCUT2D eigenvalue weighted by molar-refractivity contribution is 9.11. The van der Waals surface area contributed by atoms with Crippen LogP contribution in [0.25, 0.3) is 0 Å². The SMILES string of the molecule is Cc1cc(S(=O)(=O)N(C)c2cccnc2)sc1Br. The molecule has 7 heteroatoms. The zero-order valence-electron chi connectivity index (χ0n) is 9.79. The molecule has 0 aromatic carbocycles. The van der Waals surface area contributed by atoms with E-state index in [9.17, 15) is 8.42 Å². The summed E-state index contributed by atoms with van der Waals surface area (Å²) in [4.78, 5) is 3.92. The lowest BCUT2D eigenvalue weighted by molar-refractivity contribution is 0.596. The predicted octanol–water partition coefficient (Wildman–Crippen LogP) is 3.04. The van der Waals surface area contributed by atoms with Crippen molar-refractivity contribution in [1.82, 2.24) is 4.98 Å². The van der Waals surface area contributed by atoms with Crippen LogP contribution in [0.4, 0.5) is 5.69 Å². The number of rotatable bonds is 3. The lowest BCUT2D eigenvalue weighted by Gasteiger charge is -2.17. The zero-order valence-corrected chi connectivity index (χ0v) is 13.0. The minimum atomic E-state index is -3.51. The van der Waals surface area contributed by atoms with Crippen LogP contribution < -0.4 is 4.31 Å². The van der Waals surface area contributed by atoms with Crippen molar-refractivity contribution in [2.75, 3.05) is 11.4 Å². The Bertz CT molecular complexity index is 633. The molecule has 0 aliphatic rings. The highest BCUT2D eigenvalue weighted by atomic mass is 79.9. The number of hydrogen-bond donors (Lipinski definition) is 0. The molecule has 0 fully saturated rings. The third-order valence-electron chi connectivity index (χ3n) is 2.46. The van der Waals surface area contributed by atoms with E-state index in [0.29, 0.717) is 9.90 Å². The van der Waals surface area contributed by atoms with Gasteiger partial charge in [-0.1, -0.05) is 0 Å². The fraction of sp³-hybridized carbons (Fsp3) is 0.182. The molecule has 18 heavy (non-hydrogen) atoms. The quantitative estimate of drug-likeness (QED) is 0.858. The van der Waals surface area contributed by atoms with Gasteiger partial charge < -0.3 is 0 Å². The minimum Gasteiger partial charge on any atom is -0.267 e. The Morgan fingerprint density at radius 2 is 2.17 bits per heavy atom. The van der Waals surface area contributed by atoms with Crippen LogP contribution in [0.5, 0.6) is 0 Å². The monoisotopic (exact) mass is 346 g/mol. The van der Waals surface area contributed by atoms with Crippen LogP contribution >= 0.6 is 27.3 Å². The summed E-state index contributed by atoms with van der Waals surface area (Å²) < 4.78 is 27.2. The van der Waals surface area contributed by atoms with Gasteiger partial charge in [0.15, 0.2) is 0 Å². The molecule has 0 spiro atoms.